The molecule has 1 aliphatic heterocycles. The monoisotopic (exact) mass is 339 g/mol. The van der Waals surface area contributed by atoms with Crippen LogP contribution < -0.4 is 5.73 Å². The molecule has 0 amide bonds. The van der Waals surface area contributed by atoms with E-state index in [1.54, 1.807) is 6.07 Å². The van der Waals surface area contributed by atoms with Gasteiger partial charge in [-0.25, -0.2) is 9.37 Å². The van der Waals surface area contributed by atoms with E-state index < -0.39 is 0 Å². The quantitative estimate of drug-likeness (QED) is 0.913. The summed E-state index contributed by atoms with van der Waals surface area (Å²) in [6.45, 7) is 0.757. The molecular weight excluding hydrogens is 325 g/mol. The highest BCUT2D eigenvalue weighted by molar-refractivity contribution is 9.10. The van der Waals surface area contributed by atoms with Gasteiger partial charge in [-0.1, -0.05) is 0 Å². The minimum absolute atomic E-state index is 0.213. The van der Waals surface area contributed by atoms with Crippen LogP contribution in [-0.4, -0.2) is 22.3 Å². The van der Waals surface area contributed by atoms with E-state index in [1.807, 2.05) is 4.57 Å². The van der Waals surface area contributed by atoms with E-state index >= 15 is 0 Å². The smallest absolute Gasteiger partial charge is 0.201 e. The van der Waals surface area contributed by atoms with Gasteiger partial charge in [0.1, 0.15) is 5.82 Å². The highest BCUT2D eigenvalue weighted by Crippen LogP contribution is 2.45. The zero-order valence-electron chi connectivity index (χ0n) is 10.9. The van der Waals surface area contributed by atoms with Crippen LogP contribution in [0.25, 0.3) is 11.0 Å². The maximum atomic E-state index is 13.6. The molecule has 4 rings (SSSR count). The lowest BCUT2D eigenvalue weighted by Gasteiger charge is -2.21. The number of aromatic nitrogens is 2. The third-order valence-corrected chi connectivity index (χ3v) is 4.89. The average Bonchev–Trinajstić information content (AvgIpc) is 3.06. The summed E-state index contributed by atoms with van der Waals surface area (Å²) in [5.74, 6) is 0.769. The number of hydrogen-bond donors (Lipinski definition) is 1. The van der Waals surface area contributed by atoms with Crippen LogP contribution in [0.3, 0.4) is 0 Å². The Morgan fingerprint density at radius 2 is 2.15 bits per heavy atom. The molecule has 2 N–H and O–H groups in total. The fourth-order valence-electron chi connectivity index (χ4n) is 3.21. The van der Waals surface area contributed by atoms with Gasteiger partial charge in [0.15, 0.2) is 0 Å². The second kappa shape index (κ2) is 4.43. The molecule has 6 heteroatoms. The fraction of sp³-hybridized carbons (Fsp3) is 0.500. The summed E-state index contributed by atoms with van der Waals surface area (Å²) in [5, 5.41) is 0. The molecule has 1 saturated carbocycles. The lowest BCUT2D eigenvalue weighted by Crippen LogP contribution is -2.23. The van der Waals surface area contributed by atoms with Gasteiger partial charge in [0.25, 0.3) is 0 Å². The van der Waals surface area contributed by atoms with E-state index in [9.17, 15) is 4.39 Å². The van der Waals surface area contributed by atoms with E-state index in [2.05, 4.69) is 20.9 Å². The van der Waals surface area contributed by atoms with Crippen LogP contribution >= 0.6 is 15.9 Å². The maximum Gasteiger partial charge on any atom is 0.201 e. The van der Waals surface area contributed by atoms with E-state index in [0.717, 1.165) is 18.5 Å². The van der Waals surface area contributed by atoms with E-state index in [0.29, 0.717) is 21.9 Å². The molecule has 1 aromatic carbocycles. The highest BCUT2D eigenvalue weighted by atomic mass is 79.9. The Hall–Kier alpha value is -1.14. The first-order valence-electron chi connectivity index (χ1n) is 6.89. The van der Waals surface area contributed by atoms with Gasteiger partial charge in [0.2, 0.25) is 5.95 Å². The van der Waals surface area contributed by atoms with Crippen molar-refractivity contribution >= 4 is 32.9 Å². The van der Waals surface area contributed by atoms with Crippen LogP contribution in [0.15, 0.2) is 16.6 Å². The number of nitrogen functional groups attached to an aromatic ring is 1. The first kappa shape index (κ1) is 12.6. The maximum absolute atomic E-state index is 13.6. The Labute approximate surface area is 124 Å². The van der Waals surface area contributed by atoms with Crippen molar-refractivity contribution in [1.82, 2.24) is 9.55 Å². The molecule has 1 aliphatic carbocycles. The van der Waals surface area contributed by atoms with Gasteiger partial charge in [-0.05, 0) is 47.2 Å². The van der Waals surface area contributed by atoms with Gasteiger partial charge < -0.3 is 15.0 Å². The number of nitrogens with zero attached hydrogens (tertiary/aromatic N) is 2. The number of hydrogen-bond acceptors (Lipinski definition) is 3. The molecule has 0 spiro atoms. The summed E-state index contributed by atoms with van der Waals surface area (Å²) in [7, 11) is 0. The molecule has 2 atom stereocenters. The Morgan fingerprint density at radius 1 is 1.35 bits per heavy atom. The van der Waals surface area contributed by atoms with E-state index in [4.69, 9.17) is 10.5 Å². The zero-order valence-corrected chi connectivity index (χ0v) is 12.4. The molecule has 20 heavy (non-hydrogen) atoms. The van der Waals surface area contributed by atoms with E-state index in [-0.39, 0.29) is 18.0 Å². The minimum Gasteiger partial charge on any atom is -0.376 e. The standard InChI is InChI=1S/C14H15BrFN3O/c15-8-5-12-10(6-9(8)16)18-14(17)19(12)11-3-4-20-13(11)7-1-2-7/h5-7,11,13H,1-4H2,(H2,17,18). The summed E-state index contributed by atoms with van der Waals surface area (Å²) in [6, 6.07) is 3.40. The number of fused-ring (bicyclic) bond motifs is 1. The summed E-state index contributed by atoms with van der Waals surface area (Å²) >= 11 is 3.24. The molecule has 2 fully saturated rings. The van der Waals surface area contributed by atoms with Gasteiger partial charge in [0, 0.05) is 12.7 Å². The van der Waals surface area contributed by atoms with E-state index in [1.165, 1.54) is 18.9 Å². The normalized spacial score (nSPS) is 26.5. The molecule has 2 unspecified atom stereocenters. The molecule has 2 aromatic rings. The topological polar surface area (TPSA) is 53.1 Å². The molecule has 0 radical (unpaired) electrons. The third-order valence-electron chi connectivity index (χ3n) is 4.28. The molecule has 0 bridgehead atoms. The number of benzene rings is 1. The number of rotatable bonds is 2. The van der Waals surface area contributed by atoms with Crippen molar-refractivity contribution in [2.45, 2.75) is 31.4 Å². The SMILES string of the molecule is Nc1nc2cc(F)c(Br)cc2n1C1CCOC1C1CC1. The molecule has 4 nitrogen and oxygen atoms in total. The molecule has 1 saturated heterocycles. The number of halogens is 2. The Bertz CT molecular complexity index is 683. The number of ether oxygens (including phenoxy) is 1. The number of anilines is 1. The first-order chi connectivity index (χ1) is 9.65. The van der Waals surface area contributed by atoms with Crippen molar-refractivity contribution in [3.8, 4) is 0 Å². The van der Waals surface area contributed by atoms with Gasteiger partial charge in [0.05, 0.1) is 27.7 Å². The summed E-state index contributed by atoms with van der Waals surface area (Å²) in [5.41, 5.74) is 7.55. The first-order valence-corrected chi connectivity index (χ1v) is 7.68. The molecule has 1 aromatic heterocycles. The van der Waals surface area contributed by atoms with Gasteiger partial charge >= 0.3 is 0 Å². The van der Waals surface area contributed by atoms with Crippen molar-refractivity contribution in [3.05, 3.63) is 22.4 Å². The summed E-state index contributed by atoms with van der Waals surface area (Å²) in [6.07, 6.45) is 3.61. The highest BCUT2D eigenvalue weighted by Gasteiger charge is 2.42. The lowest BCUT2D eigenvalue weighted by molar-refractivity contribution is 0.0762. The summed E-state index contributed by atoms with van der Waals surface area (Å²) < 4.78 is 22.0. The Kier molecular flexibility index (Phi) is 2.79. The largest absolute Gasteiger partial charge is 0.376 e. The summed E-state index contributed by atoms with van der Waals surface area (Å²) in [4.78, 5) is 4.30. The van der Waals surface area contributed by atoms with Crippen LogP contribution in [-0.2, 0) is 4.74 Å². The van der Waals surface area contributed by atoms with Crippen molar-refractivity contribution in [1.29, 1.82) is 0 Å². The van der Waals surface area contributed by atoms with Crippen LogP contribution in [0.2, 0.25) is 0 Å². The average molecular weight is 340 g/mol. The van der Waals surface area contributed by atoms with Crippen LogP contribution in [0.1, 0.15) is 25.3 Å². The van der Waals surface area contributed by atoms with Crippen molar-refractivity contribution in [3.63, 3.8) is 0 Å². The molecule has 2 heterocycles. The Balaban J connectivity index is 1.86. The zero-order chi connectivity index (χ0) is 13.9. The van der Waals surface area contributed by atoms with Crippen LogP contribution in [0.5, 0.6) is 0 Å². The second-order valence-corrected chi connectivity index (χ2v) is 6.48. The predicted molar refractivity (Wildman–Crippen MR) is 77.9 cm³/mol. The lowest BCUT2D eigenvalue weighted by atomic mass is 10.1. The third kappa shape index (κ3) is 1.85. The minimum atomic E-state index is -0.316. The second-order valence-electron chi connectivity index (χ2n) is 5.62. The fourth-order valence-corrected chi connectivity index (χ4v) is 3.54. The number of imidazole rings is 1. The molecule has 2 aliphatic rings. The predicted octanol–water partition coefficient (Wildman–Crippen LogP) is 3.26. The van der Waals surface area contributed by atoms with Gasteiger partial charge in [-0.15, -0.1) is 0 Å². The van der Waals surface area contributed by atoms with Crippen molar-refractivity contribution in [2.24, 2.45) is 5.92 Å². The number of nitrogens with two attached hydrogens (primary N) is 1. The van der Waals surface area contributed by atoms with Gasteiger partial charge in [-0.2, -0.15) is 0 Å². The Morgan fingerprint density at radius 3 is 2.90 bits per heavy atom. The van der Waals surface area contributed by atoms with Crippen molar-refractivity contribution in [2.75, 3.05) is 12.3 Å². The molecule has 106 valence electrons. The van der Waals surface area contributed by atoms with Crippen LogP contribution in [0.4, 0.5) is 10.3 Å². The molecular formula is C14H15BrFN3O. The van der Waals surface area contributed by atoms with Crippen molar-refractivity contribution < 1.29 is 9.13 Å². The van der Waals surface area contributed by atoms with Gasteiger partial charge in [-0.3, -0.25) is 0 Å². The van der Waals surface area contributed by atoms with Crippen LogP contribution in [0, 0.1) is 11.7 Å².